The molecule has 2 amide bonds. The first kappa shape index (κ1) is 14.9. The summed E-state index contributed by atoms with van der Waals surface area (Å²) < 4.78 is 0. The van der Waals surface area contributed by atoms with Gasteiger partial charge in [-0.25, -0.2) is 9.69 Å². The maximum atomic E-state index is 11.7. The summed E-state index contributed by atoms with van der Waals surface area (Å²) in [4.78, 5) is 23.5. The molecule has 4 nitrogen and oxygen atoms in total. The van der Waals surface area contributed by atoms with Gasteiger partial charge >= 0.3 is 6.09 Å². The number of carbonyl (C=O) groups is 2. The van der Waals surface area contributed by atoms with Crippen LogP contribution in [0.4, 0.5) is 4.79 Å². The third-order valence-corrected chi connectivity index (χ3v) is 2.17. The second-order valence-corrected chi connectivity index (χ2v) is 5.74. The molecule has 0 aliphatic carbocycles. The van der Waals surface area contributed by atoms with Crippen molar-refractivity contribution in [2.24, 2.45) is 11.3 Å². The van der Waals surface area contributed by atoms with Crippen LogP contribution >= 0.6 is 0 Å². The largest absolute Gasteiger partial charge is 0.465 e. The molecule has 94 valence electrons. The van der Waals surface area contributed by atoms with Crippen LogP contribution in [0.1, 0.15) is 47.5 Å². The van der Waals surface area contributed by atoms with E-state index in [1.165, 1.54) is 0 Å². The molecule has 0 aromatic rings. The second kappa shape index (κ2) is 5.87. The lowest BCUT2D eigenvalue weighted by Crippen LogP contribution is -2.38. The molecule has 0 unspecified atom stereocenters. The van der Waals surface area contributed by atoms with Crippen LogP contribution in [0.2, 0.25) is 0 Å². The highest BCUT2D eigenvalue weighted by Gasteiger charge is 2.23. The Bertz CT molecular complexity index is 253. The Morgan fingerprint density at radius 2 is 1.75 bits per heavy atom. The molecule has 0 spiro atoms. The third kappa shape index (κ3) is 6.43. The van der Waals surface area contributed by atoms with E-state index in [2.05, 4.69) is 0 Å². The molecule has 0 atom stereocenters. The van der Waals surface area contributed by atoms with Crippen molar-refractivity contribution in [3.8, 4) is 0 Å². The number of imide groups is 1. The molecule has 0 aliphatic heterocycles. The molecule has 0 saturated heterocycles. The van der Waals surface area contributed by atoms with Crippen molar-refractivity contribution in [1.29, 1.82) is 0 Å². The topological polar surface area (TPSA) is 57.6 Å². The summed E-state index contributed by atoms with van der Waals surface area (Å²) in [7, 11) is 0. The minimum absolute atomic E-state index is 0.0532. The van der Waals surface area contributed by atoms with E-state index in [0.717, 1.165) is 4.90 Å². The van der Waals surface area contributed by atoms with Crippen molar-refractivity contribution in [2.75, 3.05) is 6.54 Å². The van der Waals surface area contributed by atoms with Gasteiger partial charge in [0.05, 0.1) is 0 Å². The van der Waals surface area contributed by atoms with Crippen LogP contribution in [0.25, 0.3) is 0 Å². The van der Waals surface area contributed by atoms with E-state index < -0.39 is 6.09 Å². The van der Waals surface area contributed by atoms with Crippen molar-refractivity contribution in [3.63, 3.8) is 0 Å². The molecule has 4 heteroatoms. The van der Waals surface area contributed by atoms with Crippen LogP contribution in [0.3, 0.4) is 0 Å². The predicted octanol–water partition coefficient (Wildman–Crippen LogP) is 2.98. The van der Waals surface area contributed by atoms with E-state index in [1.54, 1.807) is 0 Å². The number of carboxylic acid groups (broad SMARTS) is 1. The lowest BCUT2D eigenvalue weighted by molar-refractivity contribution is -0.130. The SMILES string of the molecule is CC(C)CN(C(=O)O)C(=O)CCC(C)(C)C. The Balaban J connectivity index is 4.35. The van der Waals surface area contributed by atoms with Gasteiger partial charge in [0.2, 0.25) is 5.91 Å². The van der Waals surface area contributed by atoms with Crippen LogP contribution in [0.5, 0.6) is 0 Å². The summed E-state index contributed by atoms with van der Waals surface area (Å²) in [5, 5.41) is 8.93. The summed E-state index contributed by atoms with van der Waals surface area (Å²) >= 11 is 0. The van der Waals surface area contributed by atoms with Crippen molar-refractivity contribution < 1.29 is 14.7 Å². The normalized spacial score (nSPS) is 11.6. The van der Waals surface area contributed by atoms with E-state index in [4.69, 9.17) is 5.11 Å². The molecule has 16 heavy (non-hydrogen) atoms. The van der Waals surface area contributed by atoms with E-state index in [9.17, 15) is 9.59 Å². The smallest absolute Gasteiger partial charge is 0.414 e. The highest BCUT2D eigenvalue weighted by atomic mass is 16.4. The van der Waals surface area contributed by atoms with Crippen molar-refractivity contribution >= 4 is 12.0 Å². The van der Waals surface area contributed by atoms with Crippen LogP contribution in [0.15, 0.2) is 0 Å². The number of rotatable bonds is 4. The van der Waals surface area contributed by atoms with E-state index >= 15 is 0 Å². The third-order valence-electron chi connectivity index (χ3n) is 2.17. The van der Waals surface area contributed by atoms with Crippen LogP contribution in [-0.4, -0.2) is 28.6 Å². The molecule has 0 saturated carbocycles. The number of nitrogens with zero attached hydrogens (tertiary/aromatic N) is 1. The molecule has 0 radical (unpaired) electrons. The molecule has 1 N–H and O–H groups in total. The van der Waals surface area contributed by atoms with Gasteiger partial charge in [0.15, 0.2) is 0 Å². The Labute approximate surface area is 97.6 Å². The maximum absolute atomic E-state index is 11.7. The Hall–Kier alpha value is -1.06. The highest BCUT2D eigenvalue weighted by Crippen LogP contribution is 2.21. The number of hydrogen-bond acceptors (Lipinski definition) is 2. The molecule has 0 fully saturated rings. The van der Waals surface area contributed by atoms with Crippen LogP contribution in [0, 0.1) is 11.3 Å². The zero-order chi connectivity index (χ0) is 12.9. The summed E-state index contributed by atoms with van der Waals surface area (Å²) in [5.41, 5.74) is 0.0532. The Kier molecular flexibility index (Phi) is 5.48. The lowest BCUT2D eigenvalue weighted by Gasteiger charge is -2.22. The summed E-state index contributed by atoms with van der Waals surface area (Å²) in [6.07, 6.45) is -0.149. The molecule has 0 bridgehead atoms. The van der Waals surface area contributed by atoms with Gasteiger partial charge in [-0.15, -0.1) is 0 Å². The highest BCUT2D eigenvalue weighted by molar-refractivity contribution is 5.91. The van der Waals surface area contributed by atoms with Gasteiger partial charge in [-0.3, -0.25) is 4.79 Å². The first-order valence-electron chi connectivity index (χ1n) is 5.67. The monoisotopic (exact) mass is 229 g/mol. The van der Waals surface area contributed by atoms with Crippen molar-refractivity contribution in [2.45, 2.75) is 47.5 Å². The van der Waals surface area contributed by atoms with Gasteiger partial charge in [-0.1, -0.05) is 34.6 Å². The fourth-order valence-electron chi connectivity index (χ4n) is 1.27. The Morgan fingerprint density at radius 3 is 2.06 bits per heavy atom. The van der Waals surface area contributed by atoms with Gasteiger partial charge in [0.1, 0.15) is 0 Å². The van der Waals surface area contributed by atoms with Crippen LogP contribution in [-0.2, 0) is 4.79 Å². The van der Waals surface area contributed by atoms with E-state index in [1.807, 2.05) is 34.6 Å². The number of amides is 2. The molecular weight excluding hydrogens is 206 g/mol. The van der Waals surface area contributed by atoms with Gasteiger partial charge < -0.3 is 5.11 Å². The average Bonchev–Trinajstić information content (AvgIpc) is 2.08. The first-order valence-corrected chi connectivity index (χ1v) is 5.67. The molecular formula is C12H23NO3. The standard InChI is InChI=1S/C12H23NO3/c1-9(2)8-13(11(15)16)10(14)6-7-12(3,4)5/h9H,6-8H2,1-5H3,(H,15,16). The van der Waals surface area contributed by atoms with Gasteiger partial charge in [-0.05, 0) is 17.8 Å². The minimum Gasteiger partial charge on any atom is -0.465 e. The Morgan fingerprint density at radius 1 is 1.25 bits per heavy atom. The maximum Gasteiger partial charge on any atom is 0.414 e. The molecule has 0 aliphatic rings. The second-order valence-electron chi connectivity index (χ2n) is 5.74. The fraction of sp³-hybridized carbons (Fsp3) is 0.833. The summed E-state index contributed by atoms with van der Waals surface area (Å²) in [6.45, 7) is 10.2. The van der Waals surface area contributed by atoms with Crippen molar-refractivity contribution in [3.05, 3.63) is 0 Å². The molecule has 0 aromatic carbocycles. The first-order chi connectivity index (χ1) is 7.13. The van der Waals surface area contributed by atoms with E-state index in [-0.39, 0.29) is 23.8 Å². The van der Waals surface area contributed by atoms with Crippen molar-refractivity contribution in [1.82, 2.24) is 4.90 Å². The fourth-order valence-corrected chi connectivity index (χ4v) is 1.27. The van der Waals surface area contributed by atoms with Gasteiger partial charge in [0.25, 0.3) is 0 Å². The lowest BCUT2D eigenvalue weighted by atomic mass is 9.90. The minimum atomic E-state index is -1.15. The molecule has 0 heterocycles. The zero-order valence-corrected chi connectivity index (χ0v) is 10.9. The molecule has 0 aromatic heterocycles. The zero-order valence-electron chi connectivity index (χ0n) is 10.9. The molecule has 0 rings (SSSR count). The van der Waals surface area contributed by atoms with E-state index in [0.29, 0.717) is 12.8 Å². The summed E-state index contributed by atoms with van der Waals surface area (Å²) in [5.74, 6) is -0.134. The predicted molar refractivity (Wildman–Crippen MR) is 63.3 cm³/mol. The van der Waals surface area contributed by atoms with Gasteiger partial charge in [-0.2, -0.15) is 0 Å². The quantitative estimate of drug-likeness (QED) is 0.806. The number of hydrogen-bond donors (Lipinski definition) is 1. The number of carbonyl (C=O) groups excluding carboxylic acids is 1. The summed E-state index contributed by atoms with van der Waals surface area (Å²) in [6, 6.07) is 0. The average molecular weight is 229 g/mol. The van der Waals surface area contributed by atoms with Crippen LogP contribution < -0.4 is 0 Å². The van der Waals surface area contributed by atoms with Gasteiger partial charge in [0, 0.05) is 13.0 Å².